The Balaban J connectivity index is 1.81. The highest BCUT2D eigenvalue weighted by molar-refractivity contribution is 6.32. The van der Waals surface area contributed by atoms with Crippen LogP contribution in [0.5, 0.6) is 0 Å². The van der Waals surface area contributed by atoms with Crippen molar-refractivity contribution < 1.29 is 4.79 Å². The van der Waals surface area contributed by atoms with Crippen LogP contribution in [0.2, 0.25) is 5.02 Å². The van der Waals surface area contributed by atoms with E-state index in [1.807, 2.05) is 60.7 Å². The highest BCUT2D eigenvalue weighted by Gasteiger charge is 2.03. The molecule has 0 aliphatic carbocycles. The van der Waals surface area contributed by atoms with Gasteiger partial charge in [-0.15, -0.1) is 0 Å². The third-order valence-electron chi connectivity index (χ3n) is 3.37. The number of anilines is 1. The zero-order valence-corrected chi connectivity index (χ0v) is 12.5. The summed E-state index contributed by atoms with van der Waals surface area (Å²) < 4.78 is 0. The van der Waals surface area contributed by atoms with Crippen molar-refractivity contribution in [2.24, 2.45) is 0 Å². The summed E-state index contributed by atoms with van der Waals surface area (Å²) in [5, 5.41) is 5.64. The van der Waals surface area contributed by atoms with Crippen LogP contribution < -0.4 is 5.32 Å². The lowest BCUT2D eigenvalue weighted by molar-refractivity contribution is -0.111. The first-order chi connectivity index (χ1) is 10.7. The lowest BCUT2D eigenvalue weighted by atomic mass is 10.1. The number of carbonyl (C=O) groups is 1. The lowest BCUT2D eigenvalue weighted by Crippen LogP contribution is -2.08. The Hall–Kier alpha value is -2.58. The van der Waals surface area contributed by atoms with Gasteiger partial charge < -0.3 is 5.32 Å². The Labute approximate surface area is 134 Å². The minimum absolute atomic E-state index is 0.184. The molecule has 0 unspecified atom stereocenters. The van der Waals surface area contributed by atoms with Crippen LogP contribution in [-0.2, 0) is 4.79 Å². The minimum atomic E-state index is -0.184. The Bertz CT molecular complexity index is 849. The summed E-state index contributed by atoms with van der Waals surface area (Å²) in [5.41, 5.74) is 1.61. The van der Waals surface area contributed by atoms with Crippen molar-refractivity contribution >= 4 is 40.0 Å². The number of halogens is 1. The molecular formula is C19H14ClNO. The van der Waals surface area contributed by atoms with Gasteiger partial charge in [0.15, 0.2) is 0 Å². The summed E-state index contributed by atoms with van der Waals surface area (Å²) in [5.74, 6) is -0.184. The van der Waals surface area contributed by atoms with Crippen molar-refractivity contribution in [3.05, 3.63) is 83.4 Å². The van der Waals surface area contributed by atoms with E-state index < -0.39 is 0 Å². The fourth-order valence-corrected chi connectivity index (χ4v) is 2.48. The average molecular weight is 308 g/mol. The zero-order chi connectivity index (χ0) is 15.4. The molecule has 22 heavy (non-hydrogen) atoms. The molecular weight excluding hydrogens is 294 g/mol. The van der Waals surface area contributed by atoms with Crippen LogP contribution in [0.25, 0.3) is 16.8 Å². The van der Waals surface area contributed by atoms with E-state index in [-0.39, 0.29) is 5.91 Å². The second-order valence-corrected chi connectivity index (χ2v) is 5.28. The number of rotatable bonds is 3. The smallest absolute Gasteiger partial charge is 0.248 e. The predicted octanol–water partition coefficient (Wildman–Crippen LogP) is 5.15. The van der Waals surface area contributed by atoms with Crippen LogP contribution in [0, 0.1) is 0 Å². The van der Waals surface area contributed by atoms with E-state index in [1.54, 1.807) is 12.1 Å². The van der Waals surface area contributed by atoms with Gasteiger partial charge in [0, 0.05) is 22.2 Å². The Morgan fingerprint density at radius 1 is 0.909 bits per heavy atom. The molecule has 0 aliphatic rings. The number of nitrogens with one attached hydrogen (secondary N) is 1. The van der Waals surface area contributed by atoms with Crippen LogP contribution in [0.15, 0.2) is 72.8 Å². The number of hydrogen-bond acceptors (Lipinski definition) is 1. The summed E-state index contributed by atoms with van der Waals surface area (Å²) in [6.07, 6.45) is 3.20. The quantitative estimate of drug-likeness (QED) is 0.666. The normalized spacial score (nSPS) is 11.0. The van der Waals surface area contributed by atoms with Gasteiger partial charge in [-0.1, -0.05) is 66.2 Å². The van der Waals surface area contributed by atoms with Crippen LogP contribution in [0.1, 0.15) is 5.56 Å². The van der Waals surface area contributed by atoms with Gasteiger partial charge in [0.1, 0.15) is 0 Å². The molecule has 0 atom stereocenters. The fourth-order valence-electron chi connectivity index (χ4n) is 2.28. The maximum Gasteiger partial charge on any atom is 0.248 e. The third-order valence-corrected chi connectivity index (χ3v) is 3.71. The molecule has 0 spiro atoms. The van der Waals surface area contributed by atoms with E-state index in [2.05, 4.69) is 5.32 Å². The number of amides is 1. The van der Waals surface area contributed by atoms with E-state index in [9.17, 15) is 4.79 Å². The molecule has 0 aromatic heterocycles. The van der Waals surface area contributed by atoms with Crippen LogP contribution in [0.3, 0.4) is 0 Å². The first-order valence-electron chi connectivity index (χ1n) is 6.95. The van der Waals surface area contributed by atoms with Crippen molar-refractivity contribution in [3.63, 3.8) is 0 Å². The Morgan fingerprint density at radius 3 is 2.50 bits per heavy atom. The maximum atomic E-state index is 12.1. The molecule has 108 valence electrons. The van der Waals surface area contributed by atoms with Crippen LogP contribution >= 0.6 is 11.6 Å². The summed E-state index contributed by atoms with van der Waals surface area (Å²) in [7, 11) is 0. The van der Waals surface area contributed by atoms with Gasteiger partial charge in [0.05, 0.1) is 0 Å². The van der Waals surface area contributed by atoms with Gasteiger partial charge in [-0.2, -0.15) is 0 Å². The fraction of sp³-hybridized carbons (Fsp3) is 0. The second kappa shape index (κ2) is 6.46. The summed E-state index contributed by atoms with van der Waals surface area (Å²) in [6, 6.07) is 21.2. The van der Waals surface area contributed by atoms with Crippen LogP contribution in [-0.4, -0.2) is 5.91 Å². The minimum Gasteiger partial charge on any atom is -0.322 e. The standard InChI is InChI=1S/C19H14ClNO/c20-17-10-4-2-7-15(17)12-13-19(22)21-18-11-5-8-14-6-1-3-9-16(14)18/h1-13H,(H,21,22)/b13-12+. The molecule has 0 radical (unpaired) electrons. The molecule has 3 rings (SSSR count). The molecule has 3 aromatic carbocycles. The van der Waals surface area contributed by atoms with E-state index >= 15 is 0 Å². The molecule has 0 saturated carbocycles. The van der Waals surface area contributed by atoms with Crippen molar-refractivity contribution in [1.29, 1.82) is 0 Å². The molecule has 0 saturated heterocycles. The lowest BCUT2D eigenvalue weighted by Gasteiger charge is -2.06. The molecule has 0 aliphatic heterocycles. The highest BCUT2D eigenvalue weighted by atomic mass is 35.5. The zero-order valence-electron chi connectivity index (χ0n) is 11.8. The number of carbonyl (C=O) groups excluding carboxylic acids is 1. The van der Waals surface area contributed by atoms with Gasteiger partial charge in [-0.25, -0.2) is 0 Å². The van der Waals surface area contributed by atoms with E-state index in [0.29, 0.717) is 5.02 Å². The van der Waals surface area contributed by atoms with Crippen molar-refractivity contribution in [2.45, 2.75) is 0 Å². The van der Waals surface area contributed by atoms with Gasteiger partial charge in [0.25, 0.3) is 0 Å². The summed E-state index contributed by atoms with van der Waals surface area (Å²) in [6.45, 7) is 0. The second-order valence-electron chi connectivity index (χ2n) is 4.87. The monoisotopic (exact) mass is 307 g/mol. The largest absolute Gasteiger partial charge is 0.322 e. The Kier molecular flexibility index (Phi) is 4.22. The Morgan fingerprint density at radius 2 is 1.64 bits per heavy atom. The SMILES string of the molecule is O=C(/C=C/c1ccccc1Cl)Nc1cccc2ccccc12. The van der Waals surface area contributed by atoms with Crippen LogP contribution in [0.4, 0.5) is 5.69 Å². The molecule has 0 bridgehead atoms. The van der Waals surface area contributed by atoms with Gasteiger partial charge in [-0.05, 0) is 29.2 Å². The number of fused-ring (bicyclic) bond motifs is 1. The first-order valence-corrected chi connectivity index (χ1v) is 7.33. The van der Waals surface area contributed by atoms with Crippen molar-refractivity contribution in [3.8, 4) is 0 Å². The molecule has 1 N–H and O–H groups in total. The van der Waals surface area contributed by atoms with E-state index in [1.165, 1.54) is 6.08 Å². The van der Waals surface area contributed by atoms with Gasteiger partial charge in [-0.3, -0.25) is 4.79 Å². The van der Waals surface area contributed by atoms with Gasteiger partial charge in [0.2, 0.25) is 5.91 Å². The molecule has 3 heteroatoms. The third kappa shape index (κ3) is 3.18. The highest BCUT2D eigenvalue weighted by Crippen LogP contribution is 2.23. The molecule has 0 heterocycles. The van der Waals surface area contributed by atoms with Crippen molar-refractivity contribution in [1.82, 2.24) is 0 Å². The molecule has 3 aromatic rings. The van der Waals surface area contributed by atoms with E-state index in [0.717, 1.165) is 22.0 Å². The molecule has 2 nitrogen and oxygen atoms in total. The summed E-state index contributed by atoms with van der Waals surface area (Å²) in [4.78, 5) is 12.1. The predicted molar refractivity (Wildman–Crippen MR) is 93.1 cm³/mol. The number of benzene rings is 3. The molecule has 1 amide bonds. The first kappa shape index (κ1) is 14.4. The van der Waals surface area contributed by atoms with Crippen molar-refractivity contribution in [2.75, 3.05) is 5.32 Å². The van der Waals surface area contributed by atoms with Gasteiger partial charge >= 0.3 is 0 Å². The topological polar surface area (TPSA) is 29.1 Å². The summed E-state index contributed by atoms with van der Waals surface area (Å²) >= 11 is 6.06. The maximum absolute atomic E-state index is 12.1. The molecule has 0 fully saturated rings. The van der Waals surface area contributed by atoms with E-state index in [4.69, 9.17) is 11.6 Å². The number of hydrogen-bond donors (Lipinski definition) is 1. The average Bonchev–Trinajstić information content (AvgIpc) is 2.54.